The van der Waals surface area contributed by atoms with Gasteiger partial charge < -0.3 is 10.6 Å². The summed E-state index contributed by atoms with van der Waals surface area (Å²) < 4.78 is 0. The lowest BCUT2D eigenvalue weighted by molar-refractivity contribution is 0.102. The zero-order valence-corrected chi connectivity index (χ0v) is 18.6. The topological polar surface area (TPSA) is 53.5 Å². The Hall–Kier alpha value is -2.85. The molecule has 1 heterocycles. The van der Waals surface area contributed by atoms with Crippen molar-refractivity contribution < 1.29 is 4.79 Å². The number of nitrogens with zero attached hydrogens (tertiary/aromatic N) is 1. The Morgan fingerprint density at radius 1 is 1.20 bits per heavy atom. The fourth-order valence-electron chi connectivity index (χ4n) is 3.36. The van der Waals surface area contributed by atoms with E-state index in [1.807, 2.05) is 68.5 Å². The first-order chi connectivity index (χ1) is 14.3. The molecule has 0 aromatic heterocycles. The molecule has 0 fully saturated rings. The van der Waals surface area contributed by atoms with Gasteiger partial charge in [-0.2, -0.15) is 0 Å². The number of allylic oxidation sites excluding steroid dienone is 3. The Morgan fingerprint density at radius 2 is 2.00 bits per heavy atom. The Balaban J connectivity index is 1.75. The highest BCUT2D eigenvalue weighted by atomic mass is 35.5. The van der Waals surface area contributed by atoms with Crippen LogP contribution in [-0.4, -0.2) is 11.1 Å². The van der Waals surface area contributed by atoms with Crippen LogP contribution >= 0.6 is 11.6 Å². The molecular weight excluding hydrogens is 394 g/mol. The summed E-state index contributed by atoms with van der Waals surface area (Å²) in [5, 5.41) is 6.91. The summed E-state index contributed by atoms with van der Waals surface area (Å²) in [6, 6.07) is 13.8. The summed E-state index contributed by atoms with van der Waals surface area (Å²) in [5.74, 6) is 1.02. The normalized spacial score (nSPS) is 21.8. The second kappa shape index (κ2) is 9.77. The average Bonchev–Trinajstić information content (AvgIpc) is 2.68. The van der Waals surface area contributed by atoms with E-state index < -0.39 is 0 Å². The zero-order valence-electron chi connectivity index (χ0n) is 17.9. The number of benzene rings is 2. The zero-order chi connectivity index (χ0) is 21.7. The van der Waals surface area contributed by atoms with Crippen LogP contribution in [0.15, 0.2) is 71.5 Å². The molecule has 30 heavy (non-hydrogen) atoms. The smallest absolute Gasteiger partial charge is 0.255 e. The number of halogens is 1. The summed E-state index contributed by atoms with van der Waals surface area (Å²) in [6.07, 6.45) is 6.88. The van der Waals surface area contributed by atoms with Gasteiger partial charge in [0.25, 0.3) is 5.91 Å². The molecule has 0 spiro atoms. The number of rotatable bonds is 5. The lowest BCUT2D eigenvalue weighted by atomic mass is 10.0. The molecule has 2 aromatic rings. The number of nitrogens with one attached hydrogen (secondary N) is 2. The van der Waals surface area contributed by atoms with Gasteiger partial charge in [-0.3, -0.25) is 4.79 Å². The molecule has 2 aromatic carbocycles. The number of hydrogen-bond donors (Lipinski definition) is 2. The second-order valence-corrected chi connectivity index (χ2v) is 8.25. The SMILES string of the molecule is Cc1ccc(C)c(C(=O)Nc2cccc([C@H](C)NC3=C/C(C)C/C=C/C(Cl)=N\3)c2)c1. The minimum atomic E-state index is -0.103. The van der Waals surface area contributed by atoms with Gasteiger partial charge in [-0.05, 0) is 74.6 Å². The molecule has 1 unspecified atom stereocenters. The molecule has 156 valence electrons. The van der Waals surface area contributed by atoms with Crippen LogP contribution in [0.5, 0.6) is 0 Å². The van der Waals surface area contributed by atoms with E-state index >= 15 is 0 Å². The van der Waals surface area contributed by atoms with Gasteiger partial charge in [0.2, 0.25) is 0 Å². The number of aliphatic imine (C=N–C) groups is 1. The monoisotopic (exact) mass is 421 g/mol. The highest BCUT2D eigenvalue weighted by Crippen LogP contribution is 2.22. The molecular formula is C25H28ClN3O. The van der Waals surface area contributed by atoms with Crippen molar-refractivity contribution in [2.24, 2.45) is 10.9 Å². The van der Waals surface area contributed by atoms with E-state index in [1.54, 1.807) is 0 Å². The number of amides is 1. The molecule has 2 N–H and O–H groups in total. The van der Waals surface area contributed by atoms with E-state index in [-0.39, 0.29) is 11.9 Å². The molecule has 1 aliphatic rings. The predicted octanol–water partition coefficient (Wildman–Crippen LogP) is 6.28. The largest absolute Gasteiger partial charge is 0.364 e. The number of hydrogen-bond acceptors (Lipinski definition) is 3. The third kappa shape index (κ3) is 5.83. The Bertz CT molecular complexity index is 1020. The van der Waals surface area contributed by atoms with Gasteiger partial charge >= 0.3 is 0 Å². The molecule has 1 aliphatic heterocycles. The van der Waals surface area contributed by atoms with Crippen LogP contribution in [-0.2, 0) is 0 Å². The summed E-state index contributed by atoms with van der Waals surface area (Å²) in [4.78, 5) is 17.2. The fourth-order valence-corrected chi connectivity index (χ4v) is 3.54. The number of anilines is 1. The Morgan fingerprint density at radius 3 is 2.80 bits per heavy atom. The lowest BCUT2D eigenvalue weighted by Crippen LogP contribution is -2.19. The summed E-state index contributed by atoms with van der Waals surface area (Å²) >= 11 is 6.16. The fraction of sp³-hybridized carbons (Fsp3) is 0.280. The highest BCUT2D eigenvalue weighted by Gasteiger charge is 2.13. The molecule has 0 radical (unpaired) electrons. The van der Waals surface area contributed by atoms with E-state index in [0.29, 0.717) is 16.7 Å². The number of aryl methyl sites for hydroxylation is 2. The third-order valence-corrected chi connectivity index (χ3v) is 5.29. The lowest BCUT2D eigenvalue weighted by Gasteiger charge is -2.19. The van der Waals surface area contributed by atoms with Gasteiger partial charge in [0.1, 0.15) is 11.0 Å². The molecule has 1 amide bonds. The first-order valence-electron chi connectivity index (χ1n) is 10.2. The van der Waals surface area contributed by atoms with Crippen LogP contribution in [0.4, 0.5) is 5.69 Å². The van der Waals surface area contributed by atoms with Crippen molar-refractivity contribution in [3.63, 3.8) is 0 Å². The first-order valence-corrected chi connectivity index (χ1v) is 10.6. The quantitative estimate of drug-likeness (QED) is 0.596. The molecule has 0 bridgehead atoms. The average molecular weight is 422 g/mol. The van der Waals surface area contributed by atoms with E-state index in [4.69, 9.17) is 11.6 Å². The van der Waals surface area contributed by atoms with Gasteiger partial charge in [0.05, 0.1) is 6.04 Å². The Labute approximate surface area is 183 Å². The maximum Gasteiger partial charge on any atom is 0.255 e. The van der Waals surface area contributed by atoms with Crippen LogP contribution in [0.2, 0.25) is 0 Å². The van der Waals surface area contributed by atoms with Crippen LogP contribution < -0.4 is 10.6 Å². The molecule has 0 aliphatic carbocycles. The van der Waals surface area contributed by atoms with Crippen LogP contribution in [0.1, 0.15) is 53.4 Å². The van der Waals surface area contributed by atoms with Crippen molar-refractivity contribution in [2.75, 3.05) is 5.32 Å². The van der Waals surface area contributed by atoms with Gasteiger partial charge in [-0.15, -0.1) is 0 Å². The van der Waals surface area contributed by atoms with E-state index in [9.17, 15) is 4.79 Å². The summed E-state index contributed by atoms with van der Waals surface area (Å²) in [6.45, 7) is 8.14. The predicted molar refractivity (Wildman–Crippen MR) is 126 cm³/mol. The van der Waals surface area contributed by atoms with E-state index in [2.05, 4.69) is 35.5 Å². The van der Waals surface area contributed by atoms with E-state index in [1.165, 1.54) is 0 Å². The minimum Gasteiger partial charge on any atom is -0.364 e. The van der Waals surface area contributed by atoms with Crippen molar-refractivity contribution >= 4 is 28.4 Å². The van der Waals surface area contributed by atoms with Gasteiger partial charge in [0.15, 0.2) is 0 Å². The van der Waals surface area contributed by atoms with Crippen LogP contribution in [0.25, 0.3) is 0 Å². The van der Waals surface area contributed by atoms with Crippen molar-refractivity contribution in [2.45, 2.75) is 40.2 Å². The van der Waals surface area contributed by atoms with E-state index in [0.717, 1.165) is 34.6 Å². The van der Waals surface area contributed by atoms with Crippen LogP contribution in [0, 0.1) is 19.8 Å². The van der Waals surface area contributed by atoms with Crippen molar-refractivity contribution in [3.8, 4) is 0 Å². The minimum absolute atomic E-state index is 0.00219. The molecule has 2 atom stereocenters. The van der Waals surface area contributed by atoms with Crippen molar-refractivity contribution in [1.82, 2.24) is 5.32 Å². The molecule has 3 rings (SSSR count). The summed E-state index contributed by atoms with van der Waals surface area (Å²) in [5.41, 5.74) is 4.52. The van der Waals surface area contributed by atoms with Crippen molar-refractivity contribution in [3.05, 3.63) is 88.8 Å². The Kier molecular flexibility index (Phi) is 7.11. The molecule has 4 nitrogen and oxygen atoms in total. The molecule has 5 heteroatoms. The second-order valence-electron chi connectivity index (χ2n) is 7.87. The highest BCUT2D eigenvalue weighted by molar-refractivity contribution is 6.68. The molecule has 0 saturated carbocycles. The van der Waals surface area contributed by atoms with Gasteiger partial charge in [0, 0.05) is 11.3 Å². The molecule has 0 saturated heterocycles. The maximum absolute atomic E-state index is 12.8. The third-order valence-electron chi connectivity index (χ3n) is 5.08. The van der Waals surface area contributed by atoms with Crippen LogP contribution in [0.3, 0.4) is 0 Å². The van der Waals surface area contributed by atoms with Crippen molar-refractivity contribution in [1.29, 1.82) is 0 Å². The van der Waals surface area contributed by atoms with Gasteiger partial charge in [-0.1, -0.05) is 54.4 Å². The maximum atomic E-state index is 12.8. The first kappa shape index (κ1) is 21.8. The number of carbonyl (C=O) groups excluding carboxylic acids is 1. The van der Waals surface area contributed by atoms with Gasteiger partial charge in [-0.25, -0.2) is 4.99 Å². The number of carbonyl (C=O) groups is 1. The summed E-state index contributed by atoms with van der Waals surface area (Å²) in [7, 11) is 0. The standard InChI is InChI=1S/C25H28ClN3O/c1-16-7-5-10-23(26)29-24(14-16)27-19(4)20-8-6-9-21(15-20)28-25(30)22-13-17(2)11-12-18(22)3/h5-6,8-16,19,27H,7H2,1-4H3,(H,28,30)/b10-5+,24-14-,29-23+/t16?,19-/m0/s1.